The van der Waals surface area contributed by atoms with Gasteiger partial charge in [0.25, 0.3) is 11.8 Å². The van der Waals surface area contributed by atoms with Gasteiger partial charge in [0.1, 0.15) is 11.6 Å². The van der Waals surface area contributed by atoms with Crippen LogP contribution in [0.3, 0.4) is 0 Å². The Labute approximate surface area is 186 Å². The van der Waals surface area contributed by atoms with Crippen molar-refractivity contribution in [3.63, 3.8) is 0 Å². The predicted molar refractivity (Wildman–Crippen MR) is 122 cm³/mol. The quantitative estimate of drug-likeness (QED) is 0.641. The highest BCUT2D eigenvalue weighted by molar-refractivity contribution is 6.07. The van der Waals surface area contributed by atoms with Gasteiger partial charge in [-0.25, -0.2) is 4.98 Å². The van der Waals surface area contributed by atoms with Crippen molar-refractivity contribution in [3.05, 3.63) is 77.7 Å². The number of nitrogens with one attached hydrogen (secondary N) is 1. The van der Waals surface area contributed by atoms with Crippen molar-refractivity contribution in [3.8, 4) is 5.75 Å². The summed E-state index contributed by atoms with van der Waals surface area (Å²) >= 11 is 0. The summed E-state index contributed by atoms with van der Waals surface area (Å²) in [7, 11) is 1.55. The highest BCUT2D eigenvalue weighted by atomic mass is 16.5. The van der Waals surface area contributed by atoms with Gasteiger partial charge < -0.3 is 20.7 Å². The predicted octanol–water partition coefficient (Wildman–Crippen LogP) is 3.34. The first kappa shape index (κ1) is 21.3. The molecular formula is C24H25N5O3. The zero-order chi connectivity index (χ0) is 22.5. The van der Waals surface area contributed by atoms with E-state index in [0.29, 0.717) is 35.7 Å². The maximum atomic E-state index is 12.7. The normalized spacial score (nSPS) is 14.1. The molecule has 2 aromatic heterocycles. The number of rotatable bonds is 5. The number of likely N-dealkylation sites (tertiary alicyclic amines) is 1. The van der Waals surface area contributed by atoms with Crippen LogP contribution in [0.25, 0.3) is 0 Å². The van der Waals surface area contributed by atoms with E-state index < -0.39 is 0 Å². The molecule has 3 N–H and O–H groups in total. The summed E-state index contributed by atoms with van der Waals surface area (Å²) in [4.78, 5) is 35.7. The molecule has 0 saturated carbocycles. The number of nitrogens with two attached hydrogens (primary N) is 1. The number of methoxy groups -OCH3 is 1. The van der Waals surface area contributed by atoms with Crippen molar-refractivity contribution in [1.29, 1.82) is 0 Å². The Hall–Kier alpha value is -3.94. The van der Waals surface area contributed by atoms with Crippen LogP contribution < -0.4 is 15.8 Å². The second-order valence-electron chi connectivity index (χ2n) is 7.63. The van der Waals surface area contributed by atoms with Crippen molar-refractivity contribution < 1.29 is 14.3 Å². The number of piperidine rings is 1. The van der Waals surface area contributed by atoms with Crippen LogP contribution in [-0.4, -0.2) is 46.9 Å². The molecule has 3 heterocycles. The average Bonchev–Trinajstić information content (AvgIpc) is 2.84. The lowest BCUT2D eigenvalue weighted by Crippen LogP contribution is -2.38. The number of para-hydroxylation sites is 2. The highest BCUT2D eigenvalue weighted by Gasteiger charge is 2.26. The van der Waals surface area contributed by atoms with E-state index in [2.05, 4.69) is 15.3 Å². The molecule has 0 atom stereocenters. The zero-order valence-corrected chi connectivity index (χ0v) is 17.8. The van der Waals surface area contributed by atoms with Crippen LogP contribution in [0.2, 0.25) is 0 Å². The SMILES string of the molecule is COc1ccccc1NC(=O)c1ccc(C2CCN(C(=O)c3cccnc3)CC2)nc1N. The van der Waals surface area contributed by atoms with Gasteiger partial charge >= 0.3 is 0 Å². The lowest BCUT2D eigenvalue weighted by atomic mass is 9.92. The first-order valence-corrected chi connectivity index (χ1v) is 10.5. The third-order valence-corrected chi connectivity index (χ3v) is 5.65. The zero-order valence-electron chi connectivity index (χ0n) is 17.8. The molecule has 0 unspecified atom stereocenters. The van der Waals surface area contributed by atoms with E-state index in [1.165, 1.54) is 0 Å². The molecule has 2 amide bonds. The number of ether oxygens (including phenoxy) is 1. The molecule has 0 bridgehead atoms. The summed E-state index contributed by atoms with van der Waals surface area (Å²) in [5.74, 6) is 0.581. The third-order valence-electron chi connectivity index (χ3n) is 5.65. The first-order chi connectivity index (χ1) is 15.6. The number of nitrogen functional groups attached to an aromatic ring is 1. The van der Waals surface area contributed by atoms with E-state index in [4.69, 9.17) is 10.5 Å². The monoisotopic (exact) mass is 431 g/mol. The average molecular weight is 431 g/mol. The van der Waals surface area contributed by atoms with Gasteiger partial charge in [-0.05, 0) is 49.2 Å². The fraction of sp³-hybridized carbons (Fsp3) is 0.250. The van der Waals surface area contributed by atoms with Gasteiger partial charge in [0.15, 0.2) is 0 Å². The van der Waals surface area contributed by atoms with Crippen LogP contribution in [0.15, 0.2) is 60.9 Å². The number of hydrogen-bond acceptors (Lipinski definition) is 6. The number of anilines is 2. The Morgan fingerprint density at radius 2 is 1.88 bits per heavy atom. The lowest BCUT2D eigenvalue weighted by Gasteiger charge is -2.32. The smallest absolute Gasteiger partial charge is 0.259 e. The fourth-order valence-electron chi connectivity index (χ4n) is 3.90. The standard InChI is InChI=1S/C24H25N5O3/c1-32-21-7-3-2-6-20(21)28-23(30)18-8-9-19(27-22(18)25)16-10-13-29(14-11-16)24(31)17-5-4-12-26-15-17/h2-9,12,15-16H,10-11,13-14H2,1H3,(H2,25,27)(H,28,30). The minimum atomic E-state index is -0.345. The molecule has 8 heteroatoms. The van der Waals surface area contributed by atoms with E-state index in [-0.39, 0.29) is 23.6 Å². The Morgan fingerprint density at radius 1 is 1.09 bits per heavy atom. The summed E-state index contributed by atoms with van der Waals surface area (Å²) in [6.07, 6.45) is 4.81. The number of hydrogen-bond donors (Lipinski definition) is 2. The Balaban J connectivity index is 1.40. The number of carbonyl (C=O) groups is 2. The third kappa shape index (κ3) is 4.54. The number of benzene rings is 1. The van der Waals surface area contributed by atoms with Crippen molar-refractivity contribution in [2.24, 2.45) is 0 Å². The van der Waals surface area contributed by atoms with E-state index in [9.17, 15) is 9.59 Å². The van der Waals surface area contributed by atoms with Gasteiger partial charge in [-0.3, -0.25) is 14.6 Å². The molecule has 3 aromatic rings. The summed E-state index contributed by atoms with van der Waals surface area (Å²) < 4.78 is 5.27. The molecule has 0 aliphatic carbocycles. The molecule has 1 aliphatic rings. The molecule has 0 spiro atoms. The molecule has 1 saturated heterocycles. The van der Waals surface area contributed by atoms with Gasteiger partial charge in [0.05, 0.1) is 23.9 Å². The topological polar surface area (TPSA) is 110 Å². The summed E-state index contributed by atoms with van der Waals surface area (Å²) in [6.45, 7) is 1.27. The molecule has 0 radical (unpaired) electrons. The maximum absolute atomic E-state index is 12.7. The van der Waals surface area contributed by atoms with Gasteiger partial charge in [0, 0.05) is 37.1 Å². The minimum absolute atomic E-state index is 0.00705. The lowest BCUT2D eigenvalue weighted by molar-refractivity contribution is 0.0711. The number of carbonyl (C=O) groups excluding carboxylic acids is 2. The number of nitrogens with zero attached hydrogens (tertiary/aromatic N) is 3. The number of aromatic nitrogens is 2. The largest absolute Gasteiger partial charge is 0.495 e. The maximum Gasteiger partial charge on any atom is 0.259 e. The van der Waals surface area contributed by atoms with E-state index >= 15 is 0 Å². The Kier molecular flexibility index (Phi) is 6.30. The van der Waals surface area contributed by atoms with E-state index in [1.807, 2.05) is 23.1 Å². The Bertz CT molecular complexity index is 1110. The van der Waals surface area contributed by atoms with Crippen LogP contribution in [0.4, 0.5) is 11.5 Å². The number of amides is 2. The van der Waals surface area contributed by atoms with Gasteiger partial charge in [0.2, 0.25) is 0 Å². The first-order valence-electron chi connectivity index (χ1n) is 10.5. The summed E-state index contributed by atoms with van der Waals surface area (Å²) in [5.41, 5.74) is 8.44. The molecule has 1 aromatic carbocycles. The van der Waals surface area contributed by atoms with E-state index in [0.717, 1.165) is 18.5 Å². The molecule has 4 rings (SSSR count). The van der Waals surface area contributed by atoms with Crippen LogP contribution in [0, 0.1) is 0 Å². The summed E-state index contributed by atoms with van der Waals surface area (Å²) in [6, 6.07) is 14.3. The van der Waals surface area contributed by atoms with Gasteiger partial charge in [-0.1, -0.05) is 12.1 Å². The molecule has 32 heavy (non-hydrogen) atoms. The van der Waals surface area contributed by atoms with Crippen LogP contribution in [0.1, 0.15) is 45.2 Å². The second-order valence-corrected chi connectivity index (χ2v) is 7.63. The van der Waals surface area contributed by atoms with Crippen molar-refractivity contribution in [2.75, 3.05) is 31.2 Å². The van der Waals surface area contributed by atoms with Crippen molar-refractivity contribution in [2.45, 2.75) is 18.8 Å². The second kappa shape index (κ2) is 9.47. The van der Waals surface area contributed by atoms with Crippen molar-refractivity contribution in [1.82, 2.24) is 14.9 Å². The van der Waals surface area contributed by atoms with Crippen molar-refractivity contribution >= 4 is 23.3 Å². The fourth-order valence-corrected chi connectivity index (χ4v) is 3.90. The van der Waals surface area contributed by atoms with Crippen LogP contribution in [-0.2, 0) is 0 Å². The summed E-state index contributed by atoms with van der Waals surface area (Å²) in [5, 5.41) is 2.82. The van der Waals surface area contributed by atoms with Gasteiger partial charge in [-0.2, -0.15) is 0 Å². The van der Waals surface area contributed by atoms with Crippen LogP contribution in [0.5, 0.6) is 5.75 Å². The minimum Gasteiger partial charge on any atom is -0.495 e. The molecule has 1 fully saturated rings. The Morgan fingerprint density at radius 3 is 2.56 bits per heavy atom. The van der Waals surface area contributed by atoms with E-state index in [1.54, 1.807) is 49.8 Å². The van der Waals surface area contributed by atoms with Crippen LogP contribution >= 0.6 is 0 Å². The molecule has 1 aliphatic heterocycles. The number of pyridine rings is 2. The molecule has 8 nitrogen and oxygen atoms in total. The highest BCUT2D eigenvalue weighted by Crippen LogP contribution is 2.29. The molecular weight excluding hydrogens is 406 g/mol. The molecule has 164 valence electrons. The van der Waals surface area contributed by atoms with Gasteiger partial charge in [-0.15, -0.1) is 0 Å².